The number of ether oxygens (including phenoxy) is 2. The molecule has 8 nitrogen and oxygen atoms in total. The molecule has 1 aliphatic heterocycles. The lowest BCUT2D eigenvalue weighted by Crippen LogP contribution is -2.42. The molecule has 0 aromatic carbocycles. The minimum Gasteiger partial charge on any atom is -0.443 e. The minimum absolute atomic E-state index is 0.149. The summed E-state index contributed by atoms with van der Waals surface area (Å²) in [5.41, 5.74) is 1.30. The van der Waals surface area contributed by atoms with Crippen molar-refractivity contribution in [1.82, 2.24) is 14.5 Å². The van der Waals surface area contributed by atoms with Crippen LogP contribution in [0.15, 0.2) is 36.7 Å². The molecule has 1 fully saturated rings. The van der Waals surface area contributed by atoms with Gasteiger partial charge in [-0.15, -0.1) is 0 Å². The summed E-state index contributed by atoms with van der Waals surface area (Å²) in [6, 6.07) is 7.29. The summed E-state index contributed by atoms with van der Waals surface area (Å²) >= 11 is 0. The van der Waals surface area contributed by atoms with Crippen LogP contribution in [0.25, 0.3) is 22.2 Å². The van der Waals surface area contributed by atoms with Gasteiger partial charge in [-0.2, -0.15) is 13.2 Å². The van der Waals surface area contributed by atoms with E-state index in [-0.39, 0.29) is 5.82 Å². The number of carbonyl (C=O) groups is 1. The summed E-state index contributed by atoms with van der Waals surface area (Å²) in [4.78, 5) is 21.7. The number of alkyl halides is 3. The van der Waals surface area contributed by atoms with E-state index in [1.807, 2.05) is 23.7 Å². The van der Waals surface area contributed by atoms with Gasteiger partial charge in [0.05, 0.1) is 5.52 Å². The Labute approximate surface area is 207 Å². The van der Waals surface area contributed by atoms with E-state index >= 15 is 0 Å². The van der Waals surface area contributed by atoms with Gasteiger partial charge in [-0.25, -0.2) is 14.8 Å². The molecular formula is C25H30F3N5O3. The fraction of sp³-hybridized carbons (Fsp3) is 0.480. The van der Waals surface area contributed by atoms with Crippen LogP contribution in [0.5, 0.6) is 0 Å². The van der Waals surface area contributed by atoms with E-state index in [4.69, 9.17) is 9.47 Å². The van der Waals surface area contributed by atoms with Gasteiger partial charge in [-0.1, -0.05) is 0 Å². The van der Waals surface area contributed by atoms with E-state index < -0.39 is 24.4 Å². The topological polar surface area (TPSA) is 81.5 Å². The quantitative estimate of drug-likeness (QED) is 0.491. The van der Waals surface area contributed by atoms with E-state index in [1.165, 1.54) is 12.3 Å². The number of aromatic nitrogens is 3. The predicted octanol–water partition coefficient (Wildman–Crippen LogP) is 5.53. The number of hydrogen-bond acceptors (Lipinski definition) is 6. The molecule has 4 rings (SSSR count). The number of halogens is 3. The molecule has 0 bridgehead atoms. The molecule has 11 heteroatoms. The van der Waals surface area contributed by atoms with Gasteiger partial charge in [-0.05, 0) is 51.8 Å². The number of hydrogen-bond donors (Lipinski definition) is 1. The Morgan fingerprint density at radius 3 is 2.58 bits per heavy atom. The smallest absolute Gasteiger partial charge is 0.416 e. The lowest BCUT2D eigenvalue weighted by molar-refractivity contribution is -0.119. The van der Waals surface area contributed by atoms with Crippen LogP contribution >= 0.6 is 0 Å². The maximum absolute atomic E-state index is 13.3. The summed E-state index contributed by atoms with van der Waals surface area (Å²) in [6.45, 7) is 4.69. The van der Waals surface area contributed by atoms with Crippen molar-refractivity contribution in [2.24, 2.45) is 7.05 Å². The Hall–Kier alpha value is -3.34. The fourth-order valence-electron chi connectivity index (χ4n) is 4.10. The summed E-state index contributed by atoms with van der Waals surface area (Å²) < 4.78 is 52.5. The molecule has 4 heterocycles. The summed E-state index contributed by atoms with van der Waals surface area (Å²) in [7, 11) is 1.87. The van der Waals surface area contributed by atoms with Gasteiger partial charge in [0.15, 0.2) is 0 Å². The minimum atomic E-state index is -4.63. The second kappa shape index (κ2) is 9.96. The van der Waals surface area contributed by atoms with Crippen molar-refractivity contribution in [3.05, 3.63) is 36.7 Å². The second-order valence-corrected chi connectivity index (χ2v) is 9.83. The van der Waals surface area contributed by atoms with Crippen molar-refractivity contribution in [3.8, 4) is 11.3 Å². The number of anilines is 2. The van der Waals surface area contributed by atoms with Crippen molar-refractivity contribution in [2.45, 2.75) is 51.4 Å². The zero-order valence-corrected chi connectivity index (χ0v) is 20.7. The van der Waals surface area contributed by atoms with Gasteiger partial charge < -0.3 is 19.4 Å². The van der Waals surface area contributed by atoms with Gasteiger partial charge in [0, 0.05) is 61.4 Å². The third-order valence-electron chi connectivity index (χ3n) is 5.77. The van der Waals surface area contributed by atoms with Gasteiger partial charge in [0.25, 0.3) is 0 Å². The Bertz CT molecular complexity index is 1230. The Morgan fingerprint density at radius 1 is 1.19 bits per heavy atom. The number of aryl methyl sites for hydroxylation is 1. The maximum Gasteiger partial charge on any atom is 0.416 e. The third kappa shape index (κ3) is 6.26. The fourth-order valence-corrected chi connectivity index (χ4v) is 4.10. The highest BCUT2D eigenvalue weighted by Crippen LogP contribution is 2.31. The molecule has 1 saturated heterocycles. The molecule has 0 radical (unpaired) electrons. The molecule has 0 saturated carbocycles. The average Bonchev–Trinajstić information content (AvgIpc) is 3.12. The first kappa shape index (κ1) is 25.7. The highest BCUT2D eigenvalue weighted by atomic mass is 19.4. The monoisotopic (exact) mass is 505 g/mol. The molecule has 3 aromatic heterocycles. The van der Waals surface area contributed by atoms with Crippen molar-refractivity contribution >= 4 is 28.6 Å². The molecular weight excluding hydrogens is 475 g/mol. The summed E-state index contributed by atoms with van der Waals surface area (Å²) in [6.07, 6.45) is -0.789. The van der Waals surface area contributed by atoms with Crippen LogP contribution in [0.4, 0.5) is 29.6 Å². The first-order valence-electron chi connectivity index (χ1n) is 11.7. The molecule has 36 heavy (non-hydrogen) atoms. The molecule has 3 aromatic rings. The van der Waals surface area contributed by atoms with Crippen molar-refractivity contribution in [3.63, 3.8) is 0 Å². The largest absolute Gasteiger partial charge is 0.443 e. The molecule has 0 aliphatic carbocycles. The van der Waals surface area contributed by atoms with Gasteiger partial charge in [-0.3, -0.25) is 4.90 Å². The predicted molar refractivity (Wildman–Crippen MR) is 131 cm³/mol. The number of rotatable bonds is 5. The highest BCUT2D eigenvalue weighted by Gasteiger charge is 2.36. The van der Waals surface area contributed by atoms with Crippen LogP contribution < -0.4 is 10.2 Å². The molecule has 0 spiro atoms. The first-order chi connectivity index (χ1) is 16.9. The summed E-state index contributed by atoms with van der Waals surface area (Å²) in [5.74, 6) is 0.600. The lowest BCUT2D eigenvalue weighted by atomic mass is 10.1. The Kier molecular flexibility index (Phi) is 7.12. The van der Waals surface area contributed by atoms with E-state index in [0.717, 1.165) is 35.3 Å². The van der Waals surface area contributed by atoms with Crippen molar-refractivity contribution in [1.29, 1.82) is 0 Å². The number of fused-ring (bicyclic) bond motifs is 1. The molecule has 194 valence electrons. The van der Waals surface area contributed by atoms with Crippen LogP contribution in [0.3, 0.4) is 0 Å². The van der Waals surface area contributed by atoms with E-state index in [2.05, 4.69) is 15.3 Å². The van der Waals surface area contributed by atoms with Crippen LogP contribution in [-0.4, -0.2) is 58.2 Å². The summed E-state index contributed by atoms with van der Waals surface area (Å²) in [5, 5.41) is 4.32. The number of nitrogens with one attached hydrogen (secondary N) is 1. The standard InChI is InChI=1S/C25H30F3N5O3/c1-24(2,3)36-23(34)33(15-25(26,27)28)22-12-16(5-8-29-22)19-11-17-14-30-21(13-20(17)32(19)4)31-18-6-9-35-10-7-18/h5,8,11-14,18H,6-7,9-10,15H2,1-4H3,(H,30,31). The highest BCUT2D eigenvalue weighted by molar-refractivity contribution is 5.90. The third-order valence-corrected chi connectivity index (χ3v) is 5.77. The van der Waals surface area contributed by atoms with Crippen molar-refractivity contribution < 1.29 is 27.4 Å². The van der Waals surface area contributed by atoms with Crippen LogP contribution in [0.1, 0.15) is 33.6 Å². The Balaban J connectivity index is 1.65. The van der Waals surface area contributed by atoms with E-state index in [0.29, 0.717) is 29.7 Å². The Morgan fingerprint density at radius 2 is 1.92 bits per heavy atom. The van der Waals surface area contributed by atoms with Crippen LogP contribution in [0.2, 0.25) is 0 Å². The first-order valence-corrected chi connectivity index (χ1v) is 11.7. The van der Waals surface area contributed by atoms with Gasteiger partial charge in [0.2, 0.25) is 0 Å². The molecule has 0 atom stereocenters. The number of nitrogens with zero attached hydrogens (tertiary/aromatic N) is 4. The lowest BCUT2D eigenvalue weighted by Gasteiger charge is -2.27. The molecule has 0 unspecified atom stereocenters. The second-order valence-electron chi connectivity index (χ2n) is 9.83. The van der Waals surface area contributed by atoms with Crippen LogP contribution in [-0.2, 0) is 16.5 Å². The maximum atomic E-state index is 13.3. The van der Waals surface area contributed by atoms with Crippen LogP contribution in [0, 0.1) is 0 Å². The normalized spacial score (nSPS) is 15.2. The van der Waals surface area contributed by atoms with E-state index in [1.54, 1.807) is 33.0 Å². The zero-order valence-electron chi connectivity index (χ0n) is 20.7. The molecule has 1 amide bonds. The molecule has 1 N–H and O–H groups in total. The zero-order chi connectivity index (χ0) is 26.1. The number of carbonyl (C=O) groups excluding carboxylic acids is 1. The van der Waals surface area contributed by atoms with Gasteiger partial charge >= 0.3 is 12.3 Å². The van der Waals surface area contributed by atoms with Gasteiger partial charge in [0.1, 0.15) is 23.8 Å². The SMILES string of the molecule is Cn1c(-c2ccnc(N(CC(F)(F)F)C(=O)OC(C)(C)C)c2)cc2cnc(NC3CCOCC3)cc21. The molecule has 1 aliphatic rings. The van der Waals surface area contributed by atoms with Crippen molar-refractivity contribution in [2.75, 3.05) is 30.0 Å². The average molecular weight is 506 g/mol. The number of amides is 1. The number of pyridine rings is 2. The van der Waals surface area contributed by atoms with E-state index in [9.17, 15) is 18.0 Å².